The Morgan fingerprint density at radius 3 is 2.83 bits per heavy atom. The standard InChI is InChI=1S/C10H17NO/c1-7(2)12-10-5-6-11-9-4-3-8(9)10/h7,10-11H,3-6H2,1-2H3. The van der Waals surface area contributed by atoms with E-state index in [9.17, 15) is 0 Å². The second kappa shape index (κ2) is 3.09. The van der Waals surface area contributed by atoms with Crippen molar-refractivity contribution in [1.29, 1.82) is 0 Å². The van der Waals surface area contributed by atoms with Crippen LogP contribution < -0.4 is 5.32 Å². The largest absolute Gasteiger partial charge is 0.388 e. The van der Waals surface area contributed by atoms with Gasteiger partial charge in [-0.3, -0.25) is 0 Å². The van der Waals surface area contributed by atoms with E-state index >= 15 is 0 Å². The molecule has 0 saturated carbocycles. The van der Waals surface area contributed by atoms with Crippen LogP contribution in [0.2, 0.25) is 0 Å². The molecule has 1 atom stereocenters. The summed E-state index contributed by atoms with van der Waals surface area (Å²) in [6.07, 6.45) is 4.43. The Labute approximate surface area is 74.0 Å². The maximum absolute atomic E-state index is 5.83. The molecule has 0 bridgehead atoms. The molecule has 68 valence electrons. The summed E-state index contributed by atoms with van der Waals surface area (Å²) in [6.45, 7) is 5.32. The van der Waals surface area contributed by atoms with Crippen LogP contribution in [-0.2, 0) is 4.74 Å². The van der Waals surface area contributed by atoms with Gasteiger partial charge in [0.25, 0.3) is 0 Å². The predicted octanol–water partition coefficient (Wildman–Crippen LogP) is 1.82. The van der Waals surface area contributed by atoms with Crippen LogP contribution in [0.25, 0.3) is 0 Å². The van der Waals surface area contributed by atoms with Gasteiger partial charge in [0.1, 0.15) is 0 Å². The molecule has 1 N–H and O–H groups in total. The molecular weight excluding hydrogens is 150 g/mol. The van der Waals surface area contributed by atoms with Crippen molar-refractivity contribution in [3.05, 3.63) is 11.3 Å². The molecule has 12 heavy (non-hydrogen) atoms. The summed E-state index contributed by atoms with van der Waals surface area (Å²) in [5.74, 6) is 0. The minimum Gasteiger partial charge on any atom is -0.388 e. The SMILES string of the molecule is CC(C)OC1CCNC2=C1CC2. The molecule has 2 rings (SSSR count). The molecule has 0 aromatic rings. The molecule has 1 unspecified atom stereocenters. The molecule has 2 heteroatoms. The highest BCUT2D eigenvalue weighted by molar-refractivity contribution is 5.29. The molecule has 0 radical (unpaired) electrons. The van der Waals surface area contributed by atoms with Crippen molar-refractivity contribution in [3.63, 3.8) is 0 Å². The van der Waals surface area contributed by atoms with E-state index in [1.165, 1.54) is 24.1 Å². The van der Waals surface area contributed by atoms with Crippen molar-refractivity contribution in [1.82, 2.24) is 5.32 Å². The summed E-state index contributed by atoms with van der Waals surface area (Å²) in [7, 11) is 0. The summed E-state index contributed by atoms with van der Waals surface area (Å²) in [4.78, 5) is 0. The first-order valence-corrected chi connectivity index (χ1v) is 4.88. The van der Waals surface area contributed by atoms with Crippen molar-refractivity contribution >= 4 is 0 Å². The fourth-order valence-electron chi connectivity index (χ4n) is 1.96. The van der Waals surface area contributed by atoms with Gasteiger partial charge in [0, 0.05) is 12.2 Å². The monoisotopic (exact) mass is 167 g/mol. The van der Waals surface area contributed by atoms with Crippen LogP contribution in [0.1, 0.15) is 33.1 Å². The van der Waals surface area contributed by atoms with E-state index in [-0.39, 0.29) is 0 Å². The highest BCUT2D eigenvalue weighted by Crippen LogP contribution is 2.34. The van der Waals surface area contributed by atoms with Crippen molar-refractivity contribution in [2.75, 3.05) is 6.54 Å². The van der Waals surface area contributed by atoms with Gasteiger partial charge in [-0.2, -0.15) is 0 Å². The molecule has 0 amide bonds. The van der Waals surface area contributed by atoms with E-state index in [2.05, 4.69) is 19.2 Å². The third kappa shape index (κ3) is 1.36. The molecule has 2 aliphatic rings. The van der Waals surface area contributed by atoms with E-state index in [4.69, 9.17) is 4.74 Å². The number of rotatable bonds is 2. The third-order valence-electron chi connectivity index (χ3n) is 2.60. The second-order valence-electron chi connectivity index (χ2n) is 3.89. The van der Waals surface area contributed by atoms with Crippen LogP contribution in [0.5, 0.6) is 0 Å². The van der Waals surface area contributed by atoms with Crippen LogP contribution in [0, 0.1) is 0 Å². The lowest BCUT2D eigenvalue weighted by Gasteiger charge is -2.36. The Bertz CT molecular complexity index is 208. The summed E-state index contributed by atoms with van der Waals surface area (Å²) in [5, 5.41) is 3.42. The van der Waals surface area contributed by atoms with Crippen LogP contribution >= 0.6 is 0 Å². The maximum Gasteiger partial charge on any atom is 0.0824 e. The lowest BCUT2D eigenvalue weighted by molar-refractivity contribution is 0.0154. The highest BCUT2D eigenvalue weighted by Gasteiger charge is 2.29. The van der Waals surface area contributed by atoms with Gasteiger partial charge in [-0.1, -0.05) is 0 Å². The molecule has 1 aliphatic carbocycles. The fourth-order valence-corrected chi connectivity index (χ4v) is 1.96. The predicted molar refractivity (Wildman–Crippen MR) is 48.9 cm³/mol. The van der Waals surface area contributed by atoms with Crippen molar-refractivity contribution in [2.24, 2.45) is 0 Å². The molecule has 0 saturated heterocycles. The van der Waals surface area contributed by atoms with E-state index in [1.54, 1.807) is 0 Å². The summed E-state index contributed by atoms with van der Waals surface area (Å²) >= 11 is 0. The van der Waals surface area contributed by atoms with Crippen LogP contribution in [-0.4, -0.2) is 18.8 Å². The number of ether oxygens (including phenoxy) is 1. The third-order valence-corrected chi connectivity index (χ3v) is 2.60. The Morgan fingerprint density at radius 1 is 1.42 bits per heavy atom. The first-order chi connectivity index (χ1) is 5.77. The molecule has 0 spiro atoms. The molecule has 1 aliphatic heterocycles. The van der Waals surface area contributed by atoms with E-state index in [0.717, 1.165) is 13.0 Å². The lowest BCUT2D eigenvalue weighted by Crippen LogP contribution is -2.38. The summed E-state index contributed by atoms with van der Waals surface area (Å²) < 4.78 is 5.83. The summed E-state index contributed by atoms with van der Waals surface area (Å²) in [5.41, 5.74) is 3.00. The van der Waals surface area contributed by atoms with E-state index in [0.29, 0.717) is 12.2 Å². The number of hydrogen-bond donors (Lipinski definition) is 1. The molecule has 2 nitrogen and oxygen atoms in total. The number of hydrogen-bond acceptors (Lipinski definition) is 2. The molecule has 1 heterocycles. The fraction of sp³-hybridized carbons (Fsp3) is 0.800. The van der Waals surface area contributed by atoms with E-state index < -0.39 is 0 Å². The Kier molecular flexibility index (Phi) is 2.09. The molecule has 0 fully saturated rings. The van der Waals surface area contributed by atoms with Gasteiger partial charge in [-0.25, -0.2) is 0 Å². The van der Waals surface area contributed by atoms with Crippen LogP contribution in [0.4, 0.5) is 0 Å². The van der Waals surface area contributed by atoms with Gasteiger partial charge in [0.05, 0.1) is 12.2 Å². The lowest BCUT2D eigenvalue weighted by atomic mass is 9.85. The van der Waals surface area contributed by atoms with Crippen molar-refractivity contribution < 1.29 is 4.74 Å². The van der Waals surface area contributed by atoms with Gasteiger partial charge >= 0.3 is 0 Å². The second-order valence-corrected chi connectivity index (χ2v) is 3.89. The zero-order valence-corrected chi connectivity index (χ0v) is 7.89. The number of nitrogens with one attached hydrogen (secondary N) is 1. The minimum atomic E-state index is 0.363. The first-order valence-electron chi connectivity index (χ1n) is 4.88. The Morgan fingerprint density at radius 2 is 2.25 bits per heavy atom. The Hall–Kier alpha value is -0.500. The molecule has 0 aromatic heterocycles. The van der Waals surface area contributed by atoms with Gasteiger partial charge in [0.2, 0.25) is 0 Å². The zero-order valence-electron chi connectivity index (χ0n) is 7.89. The molecular formula is C10H17NO. The topological polar surface area (TPSA) is 21.3 Å². The molecule has 0 aromatic carbocycles. The average molecular weight is 167 g/mol. The van der Waals surface area contributed by atoms with Gasteiger partial charge in [-0.15, -0.1) is 0 Å². The number of allylic oxidation sites excluding steroid dienone is 1. The smallest absolute Gasteiger partial charge is 0.0824 e. The first kappa shape index (κ1) is 8.11. The normalized spacial score (nSPS) is 28.1. The van der Waals surface area contributed by atoms with Gasteiger partial charge < -0.3 is 10.1 Å². The van der Waals surface area contributed by atoms with E-state index in [1.807, 2.05) is 0 Å². The van der Waals surface area contributed by atoms with Gasteiger partial charge in [-0.05, 0) is 38.7 Å². The zero-order chi connectivity index (χ0) is 8.55. The summed E-state index contributed by atoms with van der Waals surface area (Å²) in [6, 6.07) is 0. The average Bonchev–Trinajstić information content (AvgIpc) is 1.91. The van der Waals surface area contributed by atoms with Crippen LogP contribution in [0.15, 0.2) is 11.3 Å². The van der Waals surface area contributed by atoms with Crippen molar-refractivity contribution in [2.45, 2.75) is 45.3 Å². The quantitative estimate of drug-likeness (QED) is 0.677. The van der Waals surface area contributed by atoms with Crippen molar-refractivity contribution in [3.8, 4) is 0 Å². The minimum absolute atomic E-state index is 0.363. The maximum atomic E-state index is 5.83. The Balaban J connectivity index is 2.01. The highest BCUT2D eigenvalue weighted by atomic mass is 16.5. The van der Waals surface area contributed by atoms with Crippen LogP contribution in [0.3, 0.4) is 0 Å². The van der Waals surface area contributed by atoms with Gasteiger partial charge in [0.15, 0.2) is 0 Å².